The Balaban J connectivity index is 2.43. The molecule has 16 heavy (non-hydrogen) atoms. The van der Waals surface area contributed by atoms with E-state index in [-0.39, 0.29) is 0 Å². The smallest absolute Gasteiger partial charge is 0.00922 e. The Labute approximate surface area is 102 Å². The van der Waals surface area contributed by atoms with Gasteiger partial charge in [0.2, 0.25) is 0 Å². The molecule has 0 aromatic heterocycles. The minimum absolute atomic E-state index is 0.456. The van der Waals surface area contributed by atoms with Gasteiger partial charge in [-0.05, 0) is 42.6 Å². The largest absolute Gasteiger partial charge is 0.0982 e. The van der Waals surface area contributed by atoms with Crippen LogP contribution in [0.25, 0.3) is 0 Å². The second kappa shape index (κ2) is 6.14. The van der Waals surface area contributed by atoms with E-state index < -0.39 is 0 Å². The van der Waals surface area contributed by atoms with Gasteiger partial charge < -0.3 is 0 Å². The van der Waals surface area contributed by atoms with Gasteiger partial charge in [-0.25, -0.2) is 0 Å². The van der Waals surface area contributed by atoms with Gasteiger partial charge in [0.25, 0.3) is 0 Å². The normalized spacial score (nSPS) is 21.0. The lowest BCUT2D eigenvalue weighted by Crippen LogP contribution is -2.21. The van der Waals surface area contributed by atoms with Crippen LogP contribution in [-0.2, 0) is 0 Å². The zero-order valence-electron chi connectivity index (χ0n) is 11.4. The molecule has 1 aliphatic carbocycles. The fourth-order valence-corrected chi connectivity index (χ4v) is 2.18. The van der Waals surface area contributed by atoms with E-state index in [2.05, 4.69) is 45.6 Å². The van der Waals surface area contributed by atoms with Crippen LogP contribution in [0.5, 0.6) is 0 Å². The average molecular weight is 218 g/mol. The highest BCUT2D eigenvalue weighted by molar-refractivity contribution is 5.30. The van der Waals surface area contributed by atoms with Crippen molar-refractivity contribution < 1.29 is 0 Å². The van der Waals surface area contributed by atoms with E-state index in [1.54, 1.807) is 0 Å². The van der Waals surface area contributed by atoms with E-state index in [1.165, 1.54) is 37.7 Å². The topological polar surface area (TPSA) is 0 Å². The van der Waals surface area contributed by atoms with Crippen LogP contribution in [0.3, 0.4) is 0 Å². The molecular formula is C16H26. The minimum Gasteiger partial charge on any atom is -0.0982 e. The number of rotatable bonds is 2. The van der Waals surface area contributed by atoms with Gasteiger partial charge in [-0.15, -0.1) is 0 Å². The maximum absolute atomic E-state index is 3.34. The number of hydrogen-bond donors (Lipinski definition) is 0. The summed E-state index contributed by atoms with van der Waals surface area (Å²) in [5.74, 6) is 7.47. The molecule has 0 aromatic carbocycles. The number of hydrogen-bond acceptors (Lipinski definition) is 0. The molecule has 0 radical (unpaired) electrons. The van der Waals surface area contributed by atoms with Crippen molar-refractivity contribution in [1.82, 2.24) is 0 Å². The summed E-state index contributed by atoms with van der Waals surface area (Å²) >= 11 is 0. The molecule has 0 nitrogen and oxygen atoms in total. The molecule has 1 rings (SSSR count). The molecule has 0 amide bonds. The van der Waals surface area contributed by atoms with E-state index in [9.17, 15) is 0 Å². The molecule has 0 heteroatoms. The Hall–Kier alpha value is -0.700. The van der Waals surface area contributed by atoms with Gasteiger partial charge in [0.05, 0.1) is 0 Å². The van der Waals surface area contributed by atoms with E-state index in [0.717, 1.165) is 12.3 Å². The maximum Gasteiger partial charge on any atom is 0.00922 e. The van der Waals surface area contributed by atoms with Crippen LogP contribution < -0.4 is 0 Å². The zero-order chi connectivity index (χ0) is 12.0. The van der Waals surface area contributed by atoms with Crippen molar-refractivity contribution in [2.24, 2.45) is 11.3 Å². The molecule has 0 aliphatic heterocycles. The summed E-state index contributed by atoms with van der Waals surface area (Å²) < 4.78 is 0. The number of unbranched alkanes of at least 4 members (excludes halogenated alkanes) is 2. The van der Waals surface area contributed by atoms with Crippen LogP contribution >= 0.6 is 0 Å². The SMILES string of the molecule is CCCCC#CC1=CCC(C(C)(C)C)CC1. The van der Waals surface area contributed by atoms with Crippen LogP contribution in [0.2, 0.25) is 0 Å². The summed E-state index contributed by atoms with van der Waals surface area (Å²) in [6, 6.07) is 0. The highest BCUT2D eigenvalue weighted by Gasteiger charge is 2.25. The lowest BCUT2D eigenvalue weighted by Gasteiger charge is -2.32. The van der Waals surface area contributed by atoms with Gasteiger partial charge in [-0.2, -0.15) is 0 Å². The Morgan fingerprint density at radius 3 is 2.62 bits per heavy atom. The van der Waals surface area contributed by atoms with Crippen LogP contribution in [0, 0.1) is 23.2 Å². The van der Waals surface area contributed by atoms with Gasteiger partial charge in [0, 0.05) is 6.42 Å². The monoisotopic (exact) mass is 218 g/mol. The summed E-state index contributed by atoms with van der Waals surface area (Å²) in [6.07, 6.45) is 9.67. The van der Waals surface area contributed by atoms with Crippen LogP contribution in [0.4, 0.5) is 0 Å². The van der Waals surface area contributed by atoms with Crippen molar-refractivity contribution in [1.29, 1.82) is 0 Å². The van der Waals surface area contributed by atoms with Crippen molar-refractivity contribution >= 4 is 0 Å². The molecule has 0 saturated carbocycles. The van der Waals surface area contributed by atoms with E-state index in [4.69, 9.17) is 0 Å². The third kappa shape index (κ3) is 4.44. The Morgan fingerprint density at radius 2 is 2.12 bits per heavy atom. The Bertz CT molecular complexity index is 290. The zero-order valence-corrected chi connectivity index (χ0v) is 11.4. The van der Waals surface area contributed by atoms with Gasteiger partial charge in [0.15, 0.2) is 0 Å². The lowest BCUT2D eigenvalue weighted by molar-refractivity contribution is 0.222. The fraction of sp³-hybridized carbons (Fsp3) is 0.750. The van der Waals surface area contributed by atoms with Crippen molar-refractivity contribution in [2.45, 2.75) is 66.2 Å². The second-order valence-corrected chi connectivity index (χ2v) is 5.97. The molecule has 0 aromatic rings. The van der Waals surface area contributed by atoms with E-state index in [1.807, 2.05) is 0 Å². The summed E-state index contributed by atoms with van der Waals surface area (Å²) in [6.45, 7) is 9.27. The molecule has 90 valence electrons. The van der Waals surface area contributed by atoms with Gasteiger partial charge in [-0.1, -0.05) is 52.0 Å². The second-order valence-electron chi connectivity index (χ2n) is 5.97. The molecular weight excluding hydrogens is 192 g/mol. The summed E-state index contributed by atoms with van der Waals surface area (Å²) in [4.78, 5) is 0. The molecule has 0 fully saturated rings. The van der Waals surface area contributed by atoms with E-state index in [0.29, 0.717) is 5.41 Å². The third-order valence-electron chi connectivity index (χ3n) is 3.54. The summed E-state index contributed by atoms with van der Waals surface area (Å²) in [5.41, 5.74) is 1.84. The average Bonchev–Trinajstić information content (AvgIpc) is 2.24. The lowest BCUT2D eigenvalue weighted by atomic mass is 9.73. The predicted octanol–water partition coefficient (Wildman–Crippen LogP) is 4.95. The standard InChI is InChI=1S/C16H26/c1-5-6-7-8-9-14-10-12-15(13-11-14)16(2,3)4/h10,15H,5-7,11-13H2,1-4H3. The Kier molecular flexibility index (Phi) is 5.13. The van der Waals surface area contributed by atoms with Crippen LogP contribution in [0.1, 0.15) is 66.2 Å². The Morgan fingerprint density at radius 1 is 1.38 bits per heavy atom. The van der Waals surface area contributed by atoms with Crippen molar-refractivity contribution in [2.75, 3.05) is 0 Å². The summed E-state index contributed by atoms with van der Waals surface area (Å²) in [5, 5.41) is 0. The molecule has 0 spiro atoms. The van der Waals surface area contributed by atoms with Crippen molar-refractivity contribution in [3.05, 3.63) is 11.6 Å². The van der Waals surface area contributed by atoms with Gasteiger partial charge >= 0.3 is 0 Å². The number of allylic oxidation sites excluding steroid dienone is 2. The highest BCUT2D eigenvalue weighted by Crippen LogP contribution is 2.36. The fourth-order valence-electron chi connectivity index (χ4n) is 2.18. The predicted molar refractivity (Wildman–Crippen MR) is 72.2 cm³/mol. The quantitative estimate of drug-likeness (QED) is 0.454. The molecule has 0 bridgehead atoms. The molecule has 1 atom stereocenters. The molecule has 1 aliphatic rings. The summed E-state index contributed by atoms with van der Waals surface area (Å²) in [7, 11) is 0. The van der Waals surface area contributed by atoms with Gasteiger partial charge in [-0.3, -0.25) is 0 Å². The van der Waals surface area contributed by atoms with Crippen LogP contribution in [0.15, 0.2) is 11.6 Å². The van der Waals surface area contributed by atoms with Crippen molar-refractivity contribution in [3.63, 3.8) is 0 Å². The third-order valence-corrected chi connectivity index (χ3v) is 3.54. The highest BCUT2D eigenvalue weighted by atomic mass is 14.3. The molecule has 0 N–H and O–H groups in total. The molecule has 0 heterocycles. The molecule has 0 saturated heterocycles. The van der Waals surface area contributed by atoms with E-state index >= 15 is 0 Å². The first-order chi connectivity index (χ1) is 7.54. The minimum atomic E-state index is 0.456. The van der Waals surface area contributed by atoms with Gasteiger partial charge in [0.1, 0.15) is 0 Å². The van der Waals surface area contributed by atoms with Crippen molar-refractivity contribution in [3.8, 4) is 11.8 Å². The molecule has 1 unspecified atom stereocenters. The van der Waals surface area contributed by atoms with Crippen LogP contribution in [-0.4, -0.2) is 0 Å². The maximum atomic E-state index is 3.34. The first-order valence-electron chi connectivity index (χ1n) is 6.72. The first kappa shape index (κ1) is 13.4. The first-order valence-corrected chi connectivity index (χ1v) is 6.72.